The third kappa shape index (κ3) is 11.1. The Morgan fingerprint density at radius 1 is 0.839 bits per heavy atom. The van der Waals surface area contributed by atoms with E-state index in [0.29, 0.717) is 59.3 Å². The minimum Gasteiger partial charge on any atom is -0.506 e. The Bertz CT molecular complexity index is 2570. The smallest absolute Gasteiger partial charge is 0.409 e. The zero-order valence-electron chi connectivity index (χ0n) is 34.6. The van der Waals surface area contributed by atoms with Crippen molar-refractivity contribution >= 4 is 40.2 Å². The molecule has 0 aliphatic carbocycles. The number of benzene rings is 5. The number of phenols is 1. The number of H-pyrrole nitrogens is 1. The van der Waals surface area contributed by atoms with Crippen molar-refractivity contribution in [3.63, 3.8) is 0 Å². The number of carbonyl (C=O) groups excluding carboxylic acids is 2. The molecule has 13 nitrogen and oxygen atoms in total. The molecule has 1 aromatic heterocycles. The standard InChI is InChI=1S/C49H52N6O7/c1-31(50-30-43(57)40-17-19-42(56)47-41(40)18-20-45(59)53-47)27-32-13-15-37(16-14-32)52-48(60)36-10-5-7-33(28-36)29-51-44(58)23-26-55-24-21-35(22-25-55)39-12-6-11-38(46(39)54-49(61)62)34-8-3-2-4-9-34/h2-20,28,31,35,43,50,54,56-57H,21-27,29-30H2,1H3,(H,51,58)(H,52,60)(H,53,59)(H,61,62)/t31?,43-/m0/s1. The van der Waals surface area contributed by atoms with E-state index in [4.69, 9.17) is 0 Å². The van der Waals surface area contributed by atoms with Gasteiger partial charge in [0.25, 0.3) is 5.91 Å². The first-order valence-corrected chi connectivity index (χ1v) is 20.9. The fraction of sp³-hybridized carbons (Fsp3) is 0.265. The van der Waals surface area contributed by atoms with Crippen LogP contribution >= 0.6 is 0 Å². The number of carbonyl (C=O) groups is 3. The Morgan fingerprint density at radius 2 is 1.60 bits per heavy atom. The predicted octanol–water partition coefficient (Wildman–Crippen LogP) is 7.38. The number of para-hydroxylation sites is 1. The molecular weight excluding hydrogens is 785 g/mol. The van der Waals surface area contributed by atoms with Crippen LogP contribution in [-0.4, -0.2) is 75.3 Å². The lowest BCUT2D eigenvalue weighted by Gasteiger charge is -2.33. The highest BCUT2D eigenvalue weighted by molar-refractivity contribution is 6.04. The lowest BCUT2D eigenvalue weighted by atomic mass is 9.86. The summed E-state index contributed by atoms with van der Waals surface area (Å²) >= 11 is 0. The Kier molecular flexibility index (Phi) is 14.1. The Balaban J connectivity index is 0.834. The highest BCUT2D eigenvalue weighted by Gasteiger charge is 2.25. The molecule has 2 atom stereocenters. The van der Waals surface area contributed by atoms with E-state index in [0.717, 1.165) is 53.7 Å². The second-order valence-corrected chi connectivity index (χ2v) is 15.9. The number of aromatic nitrogens is 1. The minimum absolute atomic E-state index is 0.0171. The zero-order chi connectivity index (χ0) is 43.6. The molecule has 0 spiro atoms. The van der Waals surface area contributed by atoms with E-state index in [1.165, 1.54) is 12.1 Å². The number of anilines is 2. The van der Waals surface area contributed by atoms with Crippen molar-refractivity contribution in [2.75, 3.05) is 36.8 Å². The third-order valence-electron chi connectivity index (χ3n) is 11.5. The predicted molar refractivity (Wildman–Crippen MR) is 242 cm³/mol. The fourth-order valence-corrected chi connectivity index (χ4v) is 8.18. The molecule has 7 rings (SSSR count). The summed E-state index contributed by atoms with van der Waals surface area (Å²) in [5.74, 6) is -0.201. The van der Waals surface area contributed by atoms with Crippen LogP contribution < -0.4 is 26.8 Å². The number of hydrogen-bond donors (Lipinski definition) is 8. The molecule has 320 valence electrons. The van der Waals surface area contributed by atoms with Gasteiger partial charge in [0.05, 0.1) is 17.3 Å². The summed E-state index contributed by atoms with van der Waals surface area (Å²) in [6, 6.07) is 36.6. The molecule has 0 radical (unpaired) electrons. The van der Waals surface area contributed by atoms with Crippen LogP contribution in [0.5, 0.6) is 5.75 Å². The number of nitrogens with one attached hydrogen (secondary N) is 5. The van der Waals surface area contributed by atoms with Crippen molar-refractivity contribution in [1.82, 2.24) is 20.5 Å². The van der Waals surface area contributed by atoms with Gasteiger partial charge in [-0.05, 0) is 109 Å². The van der Waals surface area contributed by atoms with Gasteiger partial charge in [0.15, 0.2) is 0 Å². The van der Waals surface area contributed by atoms with E-state index in [1.807, 2.05) is 85.8 Å². The molecule has 1 unspecified atom stereocenters. The Hall–Kier alpha value is -6.80. The molecule has 2 heterocycles. The molecule has 62 heavy (non-hydrogen) atoms. The normalized spacial score (nSPS) is 14.2. The molecule has 0 bridgehead atoms. The van der Waals surface area contributed by atoms with Crippen LogP contribution in [0.3, 0.4) is 0 Å². The second kappa shape index (κ2) is 20.2. The summed E-state index contributed by atoms with van der Waals surface area (Å²) in [7, 11) is 0. The van der Waals surface area contributed by atoms with Crippen molar-refractivity contribution in [2.45, 2.75) is 57.2 Å². The van der Waals surface area contributed by atoms with E-state index < -0.39 is 12.2 Å². The van der Waals surface area contributed by atoms with Gasteiger partial charge in [-0.15, -0.1) is 0 Å². The van der Waals surface area contributed by atoms with Gasteiger partial charge in [-0.3, -0.25) is 19.7 Å². The van der Waals surface area contributed by atoms with Gasteiger partial charge in [-0.1, -0.05) is 78.9 Å². The number of fused-ring (bicyclic) bond motifs is 1. The second-order valence-electron chi connectivity index (χ2n) is 15.9. The van der Waals surface area contributed by atoms with E-state index in [-0.39, 0.29) is 41.6 Å². The first kappa shape index (κ1) is 43.3. The van der Waals surface area contributed by atoms with E-state index in [9.17, 15) is 34.5 Å². The number of piperidine rings is 1. The van der Waals surface area contributed by atoms with Crippen LogP contribution in [0.25, 0.3) is 22.0 Å². The number of aliphatic hydroxyl groups is 1. The molecule has 13 heteroatoms. The maximum atomic E-state index is 13.2. The molecule has 1 fully saturated rings. The van der Waals surface area contributed by atoms with Crippen LogP contribution in [0, 0.1) is 0 Å². The molecule has 5 aromatic carbocycles. The molecule has 0 saturated carbocycles. The number of phenolic OH excluding ortho intramolecular Hbond substituents is 1. The first-order chi connectivity index (χ1) is 30.0. The Morgan fingerprint density at radius 3 is 2.35 bits per heavy atom. The number of likely N-dealkylation sites (tertiary alicyclic amines) is 1. The number of rotatable bonds is 16. The van der Waals surface area contributed by atoms with Crippen molar-refractivity contribution in [3.05, 3.63) is 159 Å². The van der Waals surface area contributed by atoms with Crippen molar-refractivity contribution in [3.8, 4) is 16.9 Å². The number of aliphatic hydroxyl groups excluding tert-OH is 1. The number of aromatic hydroxyl groups is 1. The largest absolute Gasteiger partial charge is 0.506 e. The van der Waals surface area contributed by atoms with Crippen molar-refractivity contribution in [1.29, 1.82) is 0 Å². The van der Waals surface area contributed by atoms with Crippen molar-refractivity contribution in [2.24, 2.45) is 0 Å². The van der Waals surface area contributed by atoms with Crippen molar-refractivity contribution < 1.29 is 29.7 Å². The quantitative estimate of drug-likeness (QED) is 0.0491. The van der Waals surface area contributed by atoms with E-state index >= 15 is 0 Å². The lowest BCUT2D eigenvalue weighted by molar-refractivity contribution is -0.121. The van der Waals surface area contributed by atoms with Gasteiger partial charge in [-0.2, -0.15) is 0 Å². The summed E-state index contributed by atoms with van der Waals surface area (Å²) in [6.07, 6.45) is 0.767. The van der Waals surface area contributed by atoms with E-state index in [2.05, 4.69) is 31.2 Å². The SMILES string of the molecule is CC(Cc1ccc(NC(=O)c2cccc(CNC(=O)CCN3CCC(c4cccc(-c5ccccc5)c4NC(=O)O)CC3)c2)cc1)NC[C@H](O)c1ccc(O)c2[nH]c(=O)ccc12. The number of aromatic amines is 1. The first-order valence-electron chi connectivity index (χ1n) is 20.9. The number of carboxylic acid groups (broad SMARTS) is 1. The average molecular weight is 837 g/mol. The van der Waals surface area contributed by atoms with Gasteiger partial charge >= 0.3 is 6.09 Å². The molecule has 8 N–H and O–H groups in total. The van der Waals surface area contributed by atoms with Crippen LogP contribution in [-0.2, 0) is 17.8 Å². The molecule has 6 aromatic rings. The summed E-state index contributed by atoms with van der Waals surface area (Å²) in [5.41, 5.74) is 6.97. The van der Waals surface area contributed by atoms with Crippen LogP contribution in [0.4, 0.5) is 16.2 Å². The molecule has 3 amide bonds. The summed E-state index contributed by atoms with van der Waals surface area (Å²) in [6.45, 7) is 4.79. The van der Waals surface area contributed by atoms with Gasteiger partial charge in [0, 0.05) is 60.4 Å². The topological polar surface area (TPSA) is 196 Å². The molecule has 1 aliphatic rings. The zero-order valence-corrected chi connectivity index (χ0v) is 34.6. The lowest BCUT2D eigenvalue weighted by Crippen LogP contribution is -2.36. The van der Waals surface area contributed by atoms with E-state index in [1.54, 1.807) is 30.3 Å². The Labute approximate surface area is 359 Å². The highest BCUT2D eigenvalue weighted by Crippen LogP contribution is 2.39. The summed E-state index contributed by atoms with van der Waals surface area (Å²) in [5, 5.41) is 43.3. The van der Waals surface area contributed by atoms with Gasteiger partial charge in [0.1, 0.15) is 5.75 Å². The van der Waals surface area contributed by atoms with Crippen LogP contribution in [0.1, 0.15) is 70.8 Å². The fourth-order valence-electron chi connectivity index (χ4n) is 8.18. The molecule has 1 aliphatic heterocycles. The maximum Gasteiger partial charge on any atom is 0.409 e. The highest BCUT2D eigenvalue weighted by atomic mass is 16.4. The maximum absolute atomic E-state index is 13.2. The van der Waals surface area contributed by atoms with Crippen LogP contribution in [0.2, 0.25) is 0 Å². The van der Waals surface area contributed by atoms with Gasteiger partial charge < -0.3 is 41.2 Å². The number of nitrogens with zero attached hydrogens (tertiary/aromatic N) is 1. The average Bonchev–Trinajstić information content (AvgIpc) is 3.28. The number of amides is 3. The van der Waals surface area contributed by atoms with Gasteiger partial charge in [0.2, 0.25) is 11.5 Å². The number of pyridine rings is 1. The number of hydrogen-bond acceptors (Lipinski definition) is 8. The summed E-state index contributed by atoms with van der Waals surface area (Å²) < 4.78 is 0. The molecule has 1 saturated heterocycles. The van der Waals surface area contributed by atoms with Crippen LogP contribution in [0.15, 0.2) is 126 Å². The molecular formula is C49H52N6O7. The minimum atomic E-state index is -1.09. The monoisotopic (exact) mass is 836 g/mol. The van der Waals surface area contributed by atoms with Gasteiger partial charge in [-0.25, -0.2) is 4.79 Å². The summed E-state index contributed by atoms with van der Waals surface area (Å²) in [4.78, 5) is 54.5. The third-order valence-corrected chi connectivity index (χ3v) is 11.5.